The van der Waals surface area contributed by atoms with Gasteiger partial charge in [-0.2, -0.15) is 0 Å². The van der Waals surface area contributed by atoms with E-state index >= 15 is 0 Å². The number of carbonyl (C=O) groups is 2. The highest BCUT2D eigenvalue weighted by Crippen LogP contribution is 2.40. The number of rotatable bonds is 5. The molecule has 1 aliphatic heterocycles. The van der Waals surface area contributed by atoms with Gasteiger partial charge in [-0.25, -0.2) is 10.2 Å². The van der Waals surface area contributed by atoms with Gasteiger partial charge in [-0.05, 0) is 30.7 Å². The first-order valence-corrected chi connectivity index (χ1v) is 9.88. The van der Waals surface area contributed by atoms with Gasteiger partial charge in [0, 0.05) is 17.0 Å². The van der Waals surface area contributed by atoms with Crippen LogP contribution in [0.5, 0.6) is 11.5 Å². The quantitative estimate of drug-likeness (QED) is 0.536. The van der Waals surface area contributed by atoms with Crippen LogP contribution in [0.1, 0.15) is 44.6 Å². The molecule has 2 aromatic rings. The maximum Gasteiger partial charge on any atom is 0.341 e. The van der Waals surface area contributed by atoms with Gasteiger partial charge in [0.25, 0.3) is 0 Å². The molecule has 0 bridgehead atoms. The summed E-state index contributed by atoms with van der Waals surface area (Å²) in [6.07, 6.45) is 4.40. The molecule has 0 saturated heterocycles. The van der Waals surface area contributed by atoms with Gasteiger partial charge in [0.15, 0.2) is 5.75 Å². The van der Waals surface area contributed by atoms with Gasteiger partial charge in [0.05, 0.1) is 12.2 Å². The van der Waals surface area contributed by atoms with Crippen LogP contribution in [0, 0.1) is 0 Å². The molecule has 148 valence electrons. The van der Waals surface area contributed by atoms with Crippen molar-refractivity contribution in [2.45, 2.75) is 45.6 Å². The summed E-state index contributed by atoms with van der Waals surface area (Å²) in [7, 11) is 0. The monoisotopic (exact) mass is 401 g/mol. The number of hydrogen-bond acceptors (Lipinski definition) is 3. The Hall–Kier alpha value is -2.73. The van der Waals surface area contributed by atoms with Crippen LogP contribution in [0.2, 0.25) is 5.02 Å². The largest absolute Gasteiger partial charge is 0.455 e. The van der Waals surface area contributed by atoms with E-state index in [1.165, 1.54) is 4.90 Å². The molecule has 6 nitrogen and oxygen atoms in total. The first-order chi connectivity index (χ1) is 13.6. The van der Waals surface area contributed by atoms with Gasteiger partial charge in [0.1, 0.15) is 5.75 Å². The molecular formula is C21H24ClN3O3. The number of hydrogen-bond donors (Lipinski definition) is 2. The zero-order valence-electron chi connectivity index (χ0n) is 15.8. The molecule has 1 heterocycles. The third-order valence-electron chi connectivity index (χ3n) is 4.54. The Balaban J connectivity index is 1.72. The summed E-state index contributed by atoms with van der Waals surface area (Å²) in [6.45, 7) is 2.41. The van der Waals surface area contributed by atoms with Crippen LogP contribution < -0.4 is 20.5 Å². The number of halogens is 1. The lowest BCUT2D eigenvalue weighted by molar-refractivity contribution is -0.121. The molecule has 0 aromatic heterocycles. The van der Waals surface area contributed by atoms with Gasteiger partial charge >= 0.3 is 6.03 Å². The van der Waals surface area contributed by atoms with Crippen molar-refractivity contribution in [3.63, 3.8) is 0 Å². The third kappa shape index (κ3) is 4.95. The number of amides is 3. The minimum atomic E-state index is -0.453. The first kappa shape index (κ1) is 20.0. The fraction of sp³-hybridized carbons (Fsp3) is 0.333. The standard InChI is InChI=1S/C21H24ClN3O3/c1-2-3-4-5-10-20(26)23-24-21(27)25-14-15-8-6-7-9-18(15)28-19-12-11-16(22)13-17(19)25/h6-9,11-13H,2-5,10,14H2,1H3,(H,23,26)(H,24,27). The molecule has 0 atom stereocenters. The number of hydrazine groups is 1. The van der Waals surface area contributed by atoms with Crippen molar-refractivity contribution in [1.29, 1.82) is 0 Å². The van der Waals surface area contributed by atoms with E-state index in [1.807, 2.05) is 24.3 Å². The summed E-state index contributed by atoms with van der Waals surface area (Å²) in [5, 5.41) is 0.492. The Morgan fingerprint density at radius 2 is 1.89 bits per heavy atom. The predicted octanol–water partition coefficient (Wildman–Crippen LogP) is 5.16. The van der Waals surface area contributed by atoms with Crippen molar-refractivity contribution in [2.75, 3.05) is 4.90 Å². The van der Waals surface area contributed by atoms with E-state index in [1.54, 1.807) is 18.2 Å². The molecular weight excluding hydrogens is 378 g/mol. The SMILES string of the molecule is CCCCCCC(=O)NNC(=O)N1Cc2ccccc2Oc2ccc(Cl)cc21. The second-order valence-electron chi connectivity index (χ2n) is 6.70. The summed E-state index contributed by atoms with van der Waals surface area (Å²) in [4.78, 5) is 26.3. The Bertz CT molecular complexity index is 857. The van der Waals surface area contributed by atoms with Crippen molar-refractivity contribution in [3.8, 4) is 11.5 Å². The normalized spacial score (nSPS) is 12.3. The van der Waals surface area contributed by atoms with E-state index in [-0.39, 0.29) is 5.91 Å². The number of anilines is 1. The summed E-state index contributed by atoms with van der Waals surface area (Å²) in [5.74, 6) is 0.999. The average Bonchev–Trinajstić information content (AvgIpc) is 2.86. The lowest BCUT2D eigenvalue weighted by Gasteiger charge is -2.22. The van der Waals surface area contributed by atoms with Crippen LogP contribution in [0.3, 0.4) is 0 Å². The van der Waals surface area contributed by atoms with E-state index in [4.69, 9.17) is 16.3 Å². The van der Waals surface area contributed by atoms with Crippen LogP contribution in [-0.4, -0.2) is 11.9 Å². The lowest BCUT2D eigenvalue weighted by Crippen LogP contribution is -2.48. The third-order valence-corrected chi connectivity index (χ3v) is 4.78. The van der Waals surface area contributed by atoms with Crippen molar-refractivity contribution < 1.29 is 14.3 Å². The van der Waals surface area contributed by atoms with Crippen molar-refractivity contribution in [2.24, 2.45) is 0 Å². The molecule has 1 aliphatic rings. The number of unbranched alkanes of at least 4 members (excludes halogenated alkanes) is 3. The molecule has 3 rings (SSSR count). The lowest BCUT2D eigenvalue weighted by atomic mass is 10.1. The number of nitrogens with one attached hydrogen (secondary N) is 2. The fourth-order valence-corrected chi connectivity index (χ4v) is 3.21. The van der Waals surface area contributed by atoms with Gasteiger partial charge in [0.2, 0.25) is 5.91 Å². The number of carbonyl (C=O) groups excluding carboxylic acids is 2. The van der Waals surface area contributed by atoms with Crippen LogP contribution in [-0.2, 0) is 11.3 Å². The topological polar surface area (TPSA) is 70.7 Å². The Morgan fingerprint density at radius 3 is 2.71 bits per heavy atom. The van der Waals surface area contributed by atoms with Gasteiger partial charge < -0.3 is 4.74 Å². The summed E-state index contributed by atoms with van der Waals surface area (Å²) < 4.78 is 5.97. The predicted molar refractivity (Wildman–Crippen MR) is 110 cm³/mol. The molecule has 3 amide bonds. The van der Waals surface area contributed by atoms with E-state index in [9.17, 15) is 9.59 Å². The second kappa shape index (κ2) is 9.46. The molecule has 0 radical (unpaired) electrons. The minimum absolute atomic E-state index is 0.206. The van der Waals surface area contributed by atoms with Crippen LogP contribution in [0.25, 0.3) is 0 Å². The first-order valence-electron chi connectivity index (χ1n) is 9.50. The number of ether oxygens (including phenoxy) is 1. The molecule has 0 spiro atoms. The number of nitrogens with zero attached hydrogens (tertiary/aromatic N) is 1. The van der Waals surface area contributed by atoms with Gasteiger partial charge in [-0.3, -0.25) is 15.1 Å². The van der Waals surface area contributed by atoms with E-state index in [0.717, 1.165) is 31.2 Å². The van der Waals surface area contributed by atoms with Crippen LogP contribution >= 0.6 is 11.6 Å². The molecule has 7 heteroatoms. The van der Waals surface area contributed by atoms with Crippen LogP contribution in [0.4, 0.5) is 10.5 Å². The van der Waals surface area contributed by atoms with Gasteiger partial charge in [-0.1, -0.05) is 56.0 Å². The van der Waals surface area contributed by atoms with Crippen molar-refractivity contribution in [1.82, 2.24) is 10.9 Å². The van der Waals surface area contributed by atoms with Crippen LogP contribution in [0.15, 0.2) is 42.5 Å². The number of fused-ring (bicyclic) bond motifs is 2. The van der Waals surface area contributed by atoms with E-state index in [0.29, 0.717) is 35.2 Å². The minimum Gasteiger partial charge on any atom is -0.455 e. The Kier molecular flexibility index (Phi) is 6.76. The maximum absolute atomic E-state index is 12.8. The summed E-state index contributed by atoms with van der Waals surface area (Å²) in [5.41, 5.74) is 6.39. The zero-order chi connectivity index (χ0) is 19.9. The van der Waals surface area contributed by atoms with Crippen molar-refractivity contribution in [3.05, 3.63) is 53.1 Å². The fourth-order valence-electron chi connectivity index (χ4n) is 3.04. The molecule has 0 unspecified atom stereocenters. The molecule has 0 aliphatic carbocycles. The molecule has 0 fully saturated rings. The number of para-hydroxylation sites is 1. The maximum atomic E-state index is 12.8. The zero-order valence-corrected chi connectivity index (χ0v) is 16.6. The smallest absolute Gasteiger partial charge is 0.341 e. The van der Waals surface area contributed by atoms with E-state index in [2.05, 4.69) is 17.8 Å². The number of urea groups is 1. The molecule has 2 aromatic carbocycles. The highest BCUT2D eigenvalue weighted by molar-refractivity contribution is 6.31. The van der Waals surface area contributed by atoms with E-state index < -0.39 is 6.03 Å². The summed E-state index contributed by atoms with van der Waals surface area (Å²) in [6, 6.07) is 12.2. The second-order valence-corrected chi connectivity index (χ2v) is 7.13. The van der Waals surface area contributed by atoms with Crippen molar-refractivity contribution >= 4 is 29.2 Å². The molecule has 0 saturated carbocycles. The molecule has 28 heavy (non-hydrogen) atoms. The average molecular weight is 402 g/mol. The molecule has 2 N–H and O–H groups in total. The summed E-state index contributed by atoms with van der Waals surface area (Å²) >= 11 is 6.14. The Morgan fingerprint density at radius 1 is 1.07 bits per heavy atom. The number of benzene rings is 2. The highest BCUT2D eigenvalue weighted by Gasteiger charge is 2.26. The van der Waals surface area contributed by atoms with Gasteiger partial charge in [-0.15, -0.1) is 0 Å². The Labute approximate surface area is 169 Å². The highest BCUT2D eigenvalue weighted by atomic mass is 35.5.